The number of aromatic nitrogens is 3. The smallest absolute Gasteiger partial charge is 0.258 e. The molecule has 0 fully saturated rings. The summed E-state index contributed by atoms with van der Waals surface area (Å²) in [6, 6.07) is 7.40. The van der Waals surface area contributed by atoms with Gasteiger partial charge in [-0.25, -0.2) is 0 Å². The van der Waals surface area contributed by atoms with E-state index in [2.05, 4.69) is 36.4 Å². The molecule has 2 aromatic heterocycles. The molecule has 2 heterocycles. The lowest BCUT2D eigenvalue weighted by Crippen LogP contribution is -2.24. The highest BCUT2D eigenvalue weighted by atomic mass is 79.9. The second-order valence-electron chi connectivity index (χ2n) is 5.12. The minimum absolute atomic E-state index is 0.210. The van der Waals surface area contributed by atoms with Crippen molar-refractivity contribution < 1.29 is 4.52 Å². The molecule has 0 aliphatic heterocycles. The summed E-state index contributed by atoms with van der Waals surface area (Å²) in [6.07, 6.45) is 0.658. The van der Waals surface area contributed by atoms with Gasteiger partial charge in [-0.05, 0) is 36.0 Å². The topological polar surface area (TPSA) is 83.8 Å². The van der Waals surface area contributed by atoms with E-state index < -0.39 is 0 Å². The van der Waals surface area contributed by atoms with Crippen LogP contribution in [0.25, 0.3) is 22.4 Å². The van der Waals surface area contributed by atoms with Crippen LogP contribution in [-0.4, -0.2) is 28.2 Å². The average molecular weight is 363 g/mol. The SMILES string of the molecule is CNC(C)Cc1noc(-c2cc(=O)[nH]c3c(Br)cccc23)n1. The van der Waals surface area contributed by atoms with Crippen molar-refractivity contribution in [3.63, 3.8) is 0 Å². The predicted molar refractivity (Wildman–Crippen MR) is 87.8 cm³/mol. The normalized spacial score (nSPS) is 12.7. The molecule has 1 atom stereocenters. The standard InChI is InChI=1S/C15H15BrN4O2/c1-8(17-2)6-12-18-15(22-20-12)10-7-13(21)19-14-9(10)4-3-5-11(14)16/h3-5,7-8,17H,6H2,1-2H3,(H,19,21). The van der Waals surface area contributed by atoms with Crippen LogP contribution in [0.15, 0.2) is 38.1 Å². The van der Waals surface area contributed by atoms with E-state index in [1.807, 2.05) is 32.2 Å². The maximum absolute atomic E-state index is 11.9. The second-order valence-corrected chi connectivity index (χ2v) is 5.97. The maximum Gasteiger partial charge on any atom is 0.258 e. The third-order valence-corrected chi connectivity index (χ3v) is 4.17. The van der Waals surface area contributed by atoms with Crippen LogP contribution < -0.4 is 10.9 Å². The number of rotatable bonds is 4. The van der Waals surface area contributed by atoms with Gasteiger partial charge >= 0.3 is 0 Å². The van der Waals surface area contributed by atoms with Crippen LogP contribution in [0.5, 0.6) is 0 Å². The van der Waals surface area contributed by atoms with Gasteiger partial charge in [-0.1, -0.05) is 17.3 Å². The fourth-order valence-electron chi connectivity index (χ4n) is 2.24. The summed E-state index contributed by atoms with van der Waals surface area (Å²) in [5.41, 5.74) is 1.14. The highest BCUT2D eigenvalue weighted by Crippen LogP contribution is 2.29. The number of H-pyrrole nitrogens is 1. The van der Waals surface area contributed by atoms with E-state index in [4.69, 9.17) is 4.52 Å². The molecule has 0 aliphatic rings. The number of halogens is 1. The lowest BCUT2D eigenvalue weighted by Gasteiger charge is -2.05. The van der Waals surface area contributed by atoms with Crippen LogP contribution in [-0.2, 0) is 6.42 Å². The first-order valence-electron chi connectivity index (χ1n) is 6.90. The Kier molecular flexibility index (Phi) is 4.08. The zero-order valence-electron chi connectivity index (χ0n) is 12.2. The number of nitrogens with one attached hydrogen (secondary N) is 2. The maximum atomic E-state index is 11.9. The average Bonchev–Trinajstić information content (AvgIpc) is 2.95. The number of para-hydroxylation sites is 1. The lowest BCUT2D eigenvalue weighted by atomic mass is 10.1. The van der Waals surface area contributed by atoms with E-state index in [-0.39, 0.29) is 11.6 Å². The fraction of sp³-hybridized carbons (Fsp3) is 0.267. The molecule has 0 bridgehead atoms. The first-order valence-corrected chi connectivity index (χ1v) is 7.69. The molecule has 0 radical (unpaired) electrons. The number of fused-ring (bicyclic) bond motifs is 1. The van der Waals surface area contributed by atoms with E-state index >= 15 is 0 Å². The summed E-state index contributed by atoms with van der Waals surface area (Å²) in [4.78, 5) is 19.1. The van der Waals surface area contributed by atoms with Gasteiger partial charge in [0.15, 0.2) is 5.82 Å². The van der Waals surface area contributed by atoms with Crippen molar-refractivity contribution in [2.24, 2.45) is 0 Å². The molecule has 3 rings (SSSR count). The van der Waals surface area contributed by atoms with Crippen molar-refractivity contribution >= 4 is 26.8 Å². The summed E-state index contributed by atoms with van der Waals surface area (Å²) in [7, 11) is 1.88. The first kappa shape index (κ1) is 14.9. The van der Waals surface area contributed by atoms with Gasteiger partial charge in [0.1, 0.15) is 0 Å². The molecule has 0 aliphatic carbocycles. The first-order chi connectivity index (χ1) is 10.6. The van der Waals surface area contributed by atoms with Crippen LogP contribution in [0.1, 0.15) is 12.7 Å². The van der Waals surface area contributed by atoms with Gasteiger partial charge in [0.25, 0.3) is 5.89 Å². The number of hydrogen-bond donors (Lipinski definition) is 2. The Hall–Kier alpha value is -1.99. The summed E-state index contributed by atoms with van der Waals surface area (Å²) in [5.74, 6) is 0.966. The Morgan fingerprint density at radius 2 is 2.27 bits per heavy atom. The Morgan fingerprint density at radius 1 is 1.45 bits per heavy atom. The quantitative estimate of drug-likeness (QED) is 0.744. The molecule has 1 unspecified atom stereocenters. The fourth-order valence-corrected chi connectivity index (χ4v) is 2.71. The highest BCUT2D eigenvalue weighted by Gasteiger charge is 2.15. The van der Waals surface area contributed by atoms with Gasteiger partial charge in [0.2, 0.25) is 5.56 Å². The largest absolute Gasteiger partial charge is 0.334 e. The van der Waals surface area contributed by atoms with Crippen molar-refractivity contribution in [3.05, 3.63) is 44.9 Å². The van der Waals surface area contributed by atoms with Crippen molar-refractivity contribution in [1.82, 2.24) is 20.4 Å². The van der Waals surface area contributed by atoms with Gasteiger partial charge in [-0.2, -0.15) is 4.98 Å². The Labute approximate surface area is 135 Å². The van der Waals surface area contributed by atoms with E-state index in [1.165, 1.54) is 6.07 Å². The van der Waals surface area contributed by atoms with Crippen molar-refractivity contribution in [1.29, 1.82) is 0 Å². The highest BCUT2D eigenvalue weighted by molar-refractivity contribution is 9.10. The van der Waals surface area contributed by atoms with Crippen LogP contribution in [0.4, 0.5) is 0 Å². The Morgan fingerprint density at radius 3 is 3.05 bits per heavy atom. The van der Waals surface area contributed by atoms with E-state index in [0.29, 0.717) is 29.2 Å². The molecular formula is C15H15BrN4O2. The number of hydrogen-bond acceptors (Lipinski definition) is 5. The molecule has 3 aromatic rings. The molecule has 22 heavy (non-hydrogen) atoms. The van der Waals surface area contributed by atoms with Gasteiger partial charge in [0, 0.05) is 28.4 Å². The Balaban J connectivity index is 2.11. The third-order valence-electron chi connectivity index (χ3n) is 3.51. The number of nitrogens with zero attached hydrogens (tertiary/aromatic N) is 2. The molecule has 0 spiro atoms. The van der Waals surface area contributed by atoms with Gasteiger partial charge in [-0.3, -0.25) is 4.79 Å². The van der Waals surface area contributed by atoms with Gasteiger partial charge < -0.3 is 14.8 Å². The monoisotopic (exact) mass is 362 g/mol. The summed E-state index contributed by atoms with van der Waals surface area (Å²) in [6.45, 7) is 2.04. The number of likely N-dealkylation sites (N-methyl/N-ethyl adjacent to an activating group) is 1. The van der Waals surface area contributed by atoms with E-state index in [1.54, 1.807) is 0 Å². The molecule has 6 nitrogen and oxygen atoms in total. The van der Waals surface area contributed by atoms with Crippen LogP contribution in [0, 0.1) is 0 Å². The zero-order chi connectivity index (χ0) is 15.7. The molecule has 2 N–H and O–H groups in total. The minimum Gasteiger partial charge on any atom is -0.334 e. The number of aromatic amines is 1. The summed E-state index contributed by atoms with van der Waals surface area (Å²) < 4.78 is 6.15. The van der Waals surface area contributed by atoms with E-state index in [0.717, 1.165) is 9.86 Å². The molecule has 0 saturated carbocycles. The Bertz CT molecular complexity index is 871. The molecule has 0 saturated heterocycles. The number of benzene rings is 1. The van der Waals surface area contributed by atoms with Gasteiger partial charge in [-0.15, -0.1) is 0 Å². The predicted octanol–water partition coefficient (Wildman–Crippen LogP) is 2.49. The molecule has 7 heteroatoms. The van der Waals surface area contributed by atoms with Crippen molar-refractivity contribution in [2.75, 3.05) is 7.05 Å². The minimum atomic E-state index is -0.210. The molecule has 0 amide bonds. The van der Waals surface area contributed by atoms with Crippen LogP contribution >= 0.6 is 15.9 Å². The summed E-state index contributed by atoms with van der Waals surface area (Å²) in [5, 5.41) is 7.97. The molecular weight excluding hydrogens is 348 g/mol. The zero-order valence-corrected chi connectivity index (χ0v) is 13.8. The lowest BCUT2D eigenvalue weighted by molar-refractivity contribution is 0.418. The van der Waals surface area contributed by atoms with Crippen LogP contribution in [0.3, 0.4) is 0 Å². The van der Waals surface area contributed by atoms with Crippen molar-refractivity contribution in [2.45, 2.75) is 19.4 Å². The molecule has 114 valence electrons. The van der Waals surface area contributed by atoms with E-state index in [9.17, 15) is 4.79 Å². The van der Waals surface area contributed by atoms with Crippen molar-refractivity contribution in [3.8, 4) is 11.5 Å². The second kappa shape index (κ2) is 6.02. The molecule has 1 aromatic carbocycles. The van der Waals surface area contributed by atoms with Gasteiger partial charge in [0.05, 0.1) is 11.1 Å². The number of pyridine rings is 1. The summed E-state index contributed by atoms with van der Waals surface area (Å²) >= 11 is 3.44. The third kappa shape index (κ3) is 2.82. The van der Waals surface area contributed by atoms with Crippen LogP contribution in [0.2, 0.25) is 0 Å².